The minimum Gasteiger partial charge on any atom is -0.354 e. The molecule has 2 aliphatic rings. The van der Waals surface area contributed by atoms with Crippen LogP contribution in [0, 0.1) is 11.3 Å². The fourth-order valence-electron chi connectivity index (χ4n) is 3.69. The Kier molecular flexibility index (Phi) is 3.98. The summed E-state index contributed by atoms with van der Waals surface area (Å²) in [4.78, 5) is 24.7. The van der Waals surface area contributed by atoms with Gasteiger partial charge in [-0.25, -0.2) is 19.0 Å². The van der Waals surface area contributed by atoms with Gasteiger partial charge in [0.2, 0.25) is 0 Å². The van der Waals surface area contributed by atoms with Gasteiger partial charge in [-0.15, -0.1) is 0 Å². The first-order valence-corrected chi connectivity index (χ1v) is 9.24. The summed E-state index contributed by atoms with van der Waals surface area (Å²) in [5, 5.41) is 13.5. The molecule has 0 aliphatic carbocycles. The second-order valence-electron chi connectivity index (χ2n) is 7.04. The largest absolute Gasteiger partial charge is 0.354 e. The molecule has 0 spiro atoms. The first-order valence-electron chi connectivity index (χ1n) is 9.24. The van der Waals surface area contributed by atoms with Gasteiger partial charge >= 0.3 is 0 Å². The Hall–Kier alpha value is -3.80. The summed E-state index contributed by atoms with van der Waals surface area (Å²) in [6.07, 6.45) is 4.60. The van der Waals surface area contributed by atoms with Gasteiger partial charge in [0, 0.05) is 24.6 Å². The van der Waals surface area contributed by atoms with Crippen molar-refractivity contribution in [1.82, 2.24) is 19.7 Å². The maximum atomic E-state index is 13.4. The average molecular weight is 389 g/mol. The van der Waals surface area contributed by atoms with Crippen LogP contribution >= 0.6 is 0 Å². The zero-order valence-electron chi connectivity index (χ0n) is 15.4. The van der Waals surface area contributed by atoms with E-state index in [0.717, 1.165) is 11.5 Å². The van der Waals surface area contributed by atoms with Gasteiger partial charge in [0.25, 0.3) is 5.91 Å². The third kappa shape index (κ3) is 2.99. The molecule has 144 valence electrons. The van der Waals surface area contributed by atoms with Crippen LogP contribution in [0.2, 0.25) is 0 Å². The fourth-order valence-corrected chi connectivity index (χ4v) is 3.69. The number of nitrogens with zero attached hydrogens (tertiary/aromatic N) is 7. The summed E-state index contributed by atoms with van der Waals surface area (Å²) < 4.78 is 15.0. The molecule has 9 heteroatoms. The lowest BCUT2D eigenvalue weighted by molar-refractivity contribution is 0.0996. The van der Waals surface area contributed by atoms with E-state index < -0.39 is 6.17 Å². The minimum atomic E-state index is -0.802. The number of carbonyl (C=O) groups is 1. The lowest BCUT2D eigenvalue weighted by atomic mass is 10.3. The number of fused-ring (bicyclic) bond motifs is 1. The standard InChI is InChI=1S/C20H16FN7O/c21-13-4-6-26(10-13)19-2-1-16(9-24-19)28-11-17-18(25-28)12-27(20(17)29)15-3-5-23-14(7-15)8-22/h1-3,5,7,9,11,13H,4,6,10,12H2/t13-/m0/s1. The molecule has 3 aromatic heterocycles. The molecule has 0 saturated carbocycles. The number of rotatable bonds is 3. The molecule has 0 N–H and O–H groups in total. The van der Waals surface area contributed by atoms with E-state index >= 15 is 0 Å². The lowest BCUT2D eigenvalue weighted by Crippen LogP contribution is -2.24. The molecule has 2 aliphatic heterocycles. The van der Waals surface area contributed by atoms with Crippen molar-refractivity contribution in [3.05, 3.63) is 59.8 Å². The van der Waals surface area contributed by atoms with Crippen molar-refractivity contribution in [3.8, 4) is 11.8 Å². The summed E-state index contributed by atoms with van der Waals surface area (Å²) in [6, 6.07) is 8.96. The number of halogens is 1. The highest BCUT2D eigenvalue weighted by Crippen LogP contribution is 2.28. The molecule has 0 bridgehead atoms. The molecule has 3 aromatic rings. The van der Waals surface area contributed by atoms with Crippen LogP contribution in [0.1, 0.15) is 28.2 Å². The predicted octanol–water partition coefficient (Wildman–Crippen LogP) is 2.24. The van der Waals surface area contributed by atoms with E-state index in [9.17, 15) is 9.18 Å². The number of hydrogen-bond acceptors (Lipinski definition) is 6. The zero-order valence-corrected chi connectivity index (χ0v) is 15.4. The Morgan fingerprint density at radius 3 is 2.79 bits per heavy atom. The normalized spacial score (nSPS) is 18.2. The van der Waals surface area contributed by atoms with Crippen LogP contribution in [0.25, 0.3) is 5.69 Å². The molecule has 1 saturated heterocycles. The lowest BCUT2D eigenvalue weighted by Gasteiger charge is -2.17. The Bertz CT molecular complexity index is 1130. The molecule has 29 heavy (non-hydrogen) atoms. The number of amides is 1. The van der Waals surface area contributed by atoms with Crippen LogP contribution in [0.4, 0.5) is 15.9 Å². The summed E-state index contributed by atoms with van der Waals surface area (Å²) in [7, 11) is 0. The average Bonchev–Trinajstić information content (AvgIpc) is 3.44. The smallest absolute Gasteiger partial charge is 0.262 e. The summed E-state index contributed by atoms with van der Waals surface area (Å²) in [5.41, 5.74) is 2.79. The van der Waals surface area contributed by atoms with E-state index in [2.05, 4.69) is 15.1 Å². The summed E-state index contributed by atoms with van der Waals surface area (Å²) >= 11 is 0. The van der Waals surface area contributed by atoms with E-state index in [1.165, 1.54) is 6.20 Å². The number of hydrogen-bond donors (Lipinski definition) is 0. The molecular formula is C20H16FN7O. The Morgan fingerprint density at radius 2 is 2.10 bits per heavy atom. The van der Waals surface area contributed by atoms with Crippen LogP contribution in [-0.4, -0.2) is 44.9 Å². The molecule has 8 nitrogen and oxygen atoms in total. The van der Waals surface area contributed by atoms with E-state index in [4.69, 9.17) is 5.26 Å². The van der Waals surface area contributed by atoms with Gasteiger partial charge < -0.3 is 9.80 Å². The topological polar surface area (TPSA) is 90.9 Å². The number of alkyl halides is 1. The van der Waals surface area contributed by atoms with Crippen LogP contribution in [0.15, 0.2) is 42.9 Å². The van der Waals surface area contributed by atoms with E-state index in [1.54, 1.807) is 34.1 Å². The van der Waals surface area contributed by atoms with Crippen molar-refractivity contribution in [2.24, 2.45) is 0 Å². The molecular weight excluding hydrogens is 373 g/mol. The summed E-state index contributed by atoms with van der Waals surface area (Å²) in [5.74, 6) is 0.568. The molecule has 5 heterocycles. The summed E-state index contributed by atoms with van der Waals surface area (Å²) in [6.45, 7) is 1.36. The van der Waals surface area contributed by atoms with Crippen molar-refractivity contribution in [2.45, 2.75) is 19.1 Å². The predicted molar refractivity (Wildman–Crippen MR) is 103 cm³/mol. The highest BCUT2D eigenvalue weighted by molar-refractivity contribution is 6.09. The van der Waals surface area contributed by atoms with Gasteiger partial charge in [-0.2, -0.15) is 10.4 Å². The van der Waals surface area contributed by atoms with E-state index in [0.29, 0.717) is 43.0 Å². The SMILES string of the molecule is N#Cc1cc(N2Cc3nn(-c4ccc(N5CC[C@H](F)C5)nc4)cc3C2=O)ccn1. The van der Waals surface area contributed by atoms with Gasteiger partial charge in [0.05, 0.1) is 36.2 Å². The van der Waals surface area contributed by atoms with Crippen molar-refractivity contribution in [3.63, 3.8) is 0 Å². The first-order chi connectivity index (χ1) is 14.1. The van der Waals surface area contributed by atoms with Gasteiger partial charge in [0.1, 0.15) is 23.8 Å². The second-order valence-corrected chi connectivity index (χ2v) is 7.04. The van der Waals surface area contributed by atoms with Crippen molar-refractivity contribution in [2.75, 3.05) is 22.9 Å². The maximum Gasteiger partial charge on any atom is 0.262 e. The van der Waals surface area contributed by atoms with Gasteiger partial charge in [0.15, 0.2) is 0 Å². The van der Waals surface area contributed by atoms with Crippen LogP contribution in [0.5, 0.6) is 0 Å². The minimum absolute atomic E-state index is 0.169. The second kappa shape index (κ2) is 6.67. The molecule has 1 atom stereocenters. The number of nitriles is 1. The van der Waals surface area contributed by atoms with Crippen LogP contribution < -0.4 is 9.80 Å². The molecule has 0 unspecified atom stereocenters. The Labute approximate surface area is 165 Å². The molecule has 0 radical (unpaired) electrons. The fraction of sp³-hybridized carbons (Fsp3) is 0.250. The number of aromatic nitrogens is 4. The number of pyridine rings is 2. The third-order valence-corrected chi connectivity index (χ3v) is 5.20. The van der Waals surface area contributed by atoms with E-state index in [-0.39, 0.29) is 11.6 Å². The van der Waals surface area contributed by atoms with Gasteiger partial charge in [-0.3, -0.25) is 4.79 Å². The molecule has 0 aromatic carbocycles. The van der Waals surface area contributed by atoms with Crippen molar-refractivity contribution >= 4 is 17.4 Å². The zero-order chi connectivity index (χ0) is 20.0. The van der Waals surface area contributed by atoms with Crippen molar-refractivity contribution in [1.29, 1.82) is 5.26 Å². The highest BCUT2D eigenvalue weighted by Gasteiger charge is 2.32. The third-order valence-electron chi connectivity index (χ3n) is 5.20. The number of anilines is 2. The molecule has 5 rings (SSSR count). The quantitative estimate of drug-likeness (QED) is 0.682. The Balaban J connectivity index is 1.37. The maximum absolute atomic E-state index is 13.4. The van der Waals surface area contributed by atoms with Crippen LogP contribution in [0.3, 0.4) is 0 Å². The van der Waals surface area contributed by atoms with E-state index in [1.807, 2.05) is 23.1 Å². The monoisotopic (exact) mass is 389 g/mol. The first kappa shape index (κ1) is 17.3. The Morgan fingerprint density at radius 1 is 1.21 bits per heavy atom. The van der Waals surface area contributed by atoms with Crippen LogP contribution in [-0.2, 0) is 6.54 Å². The van der Waals surface area contributed by atoms with Gasteiger partial charge in [-0.05, 0) is 30.7 Å². The molecule has 1 amide bonds. The molecule has 1 fully saturated rings. The van der Waals surface area contributed by atoms with Crippen molar-refractivity contribution < 1.29 is 9.18 Å². The highest BCUT2D eigenvalue weighted by atomic mass is 19.1. The van der Waals surface area contributed by atoms with Gasteiger partial charge in [-0.1, -0.05) is 0 Å². The number of carbonyl (C=O) groups excluding carboxylic acids is 1.